The smallest absolute Gasteiger partial charge is 0.239 e. The molecule has 0 aliphatic heterocycles. The van der Waals surface area contributed by atoms with E-state index < -0.39 is 15.8 Å². The average Bonchev–Trinajstić information content (AvgIpc) is 2.90. The van der Waals surface area contributed by atoms with Gasteiger partial charge in [0.05, 0.1) is 17.0 Å². The lowest BCUT2D eigenvalue weighted by atomic mass is 10.1. The van der Waals surface area contributed by atoms with Crippen molar-refractivity contribution in [3.05, 3.63) is 35.8 Å². The van der Waals surface area contributed by atoms with E-state index in [0.29, 0.717) is 23.1 Å². The molecular weight excluding hydrogens is 333 g/mol. The van der Waals surface area contributed by atoms with E-state index in [2.05, 4.69) is 10.2 Å². The summed E-state index contributed by atoms with van der Waals surface area (Å²) in [5, 5.41) is 8.01. The summed E-state index contributed by atoms with van der Waals surface area (Å²) < 4.78 is 39.8. The van der Waals surface area contributed by atoms with Gasteiger partial charge in [-0.1, -0.05) is 13.3 Å². The summed E-state index contributed by atoms with van der Waals surface area (Å²) in [7, 11) is -3.60. The molecule has 1 aromatic carbocycles. The maximum atomic E-state index is 13.6. The summed E-state index contributed by atoms with van der Waals surface area (Å²) >= 11 is 0. The zero-order valence-electron chi connectivity index (χ0n) is 13.5. The molecule has 2 aromatic rings. The van der Waals surface area contributed by atoms with E-state index in [1.807, 2.05) is 6.92 Å². The Morgan fingerprint density at radius 3 is 2.62 bits per heavy atom. The molecule has 0 saturated heterocycles. The molecule has 0 saturated carbocycles. The van der Waals surface area contributed by atoms with Crippen LogP contribution < -0.4 is 11.5 Å². The molecule has 0 bridgehead atoms. The molecule has 0 aliphatic carbocycles. The van der Waals surface area contributed by atoms with Gasteiger partial charge in [0.2, 0.25) is 16.0 Å². The van der Waals surface area contributed by atoms with Crippen LogP contribution in [0.5, 0.6) is 0 Å². The highest BCUT2D eigenvalue weighted by atomic mass is 32.2. The fraction of sp³-hybridized carbons (Fsp3) is 0.333. The van der Waals surface area contributed by atoms with Gasteiger partial charge in [0, 0.05) is 17.1 Å². The topological polar surface area (TPSA) is 116 Å². The number of nitrogens with two attached hydrogens (primary N) is 2. The van der Waals surface area contributed by atoms with Crippen LogP contribution in [0.3, 0.4) is 0 Å². The van der Waals surface area contributed by atoms with E-state index in [1.54, 1.807) is 6.92 Å². The van der Waals surface area contributed by atoms with Gasteiger partial charge in [0.25, 0.3) is 0 Å². The fourth-order valence-corrected chi connectivity index (χ4v) is 3.87. The third-order valence-electron chi connectivity index (χ3n) is 3.49. The normalized spacial score (nSPS) is 12.5. The second kappa shape index (κ2) is 7.00. The molecule has 2 rings (SSSR count). The summed E-state index contributed by atoms with van der Waals surface area (Å²) in [5.74, 6) is -0.745. The van der Waals surface area contributed by atoms with Crippen LogP contribution in [0.1, 0.15) is 32.3 Å². The Balaban J connectivity index is 2.68. The molecule has 0 fully saturated rings. The number of nitrogens with zero attached hydrogens (tertiary/aromatic N) is 3. The number of hydrogen-bond acceptors (Lipinski definition) is 4. The molecule has 0 amide bonds. The maximum absolute atomic E-state index is 13.6. The quantitative estimate of drug-likeness (QED) is 0.467. The highest BCUT2D eigenvalue weighted by Crippen LogP contribution is 2.25. The van der Waals surface area contributed by atoms with Gasteiger partial charge in [-0.3, -0.25) is 0 Å². The van der Waals surface area contributed by atoms with E-state index in [9.17, 15) is 12.8 Å². The Morgan fingerprint density at radius 2 is 2.00 bits per heavy atom. The summed E-state index contributed by atoms with van der Waals surface area (Å²) in [5.41, 5.74) is 11.7. The summed E-state index contributed by atoms with van der Waals surface area (Å²) in [4.78, 5) is 0. The number of rotatable bonds is 6. The van der Waals surface area contributed by atoms with Crippen molar-refractivity contribution >= 4 is 32.6 Å². The molecule has 0 aliphatic rings. The first-order chi connectivity index (χ1) is 11.3. The lowest BCUT2D eigenvalue weighted by molar-refractivity contribution is 0.585. The van der Waals surface area contributed by atoms with Crippen molar-refractivity contribution in [2.75, 3.05) is 5.75 Å². The van der Waals surface area contributed by atoms with Crippen LogP contribution in [0.15, 0.2) is 34.6 Å². The molecule has 1 aromatic heterocycles. The molecule has 0 radical (unpaired) electrons. The van der Waals surface area contributed by atoms with Gasteiger partial charge in [0.15, 0.2) is 0 Å². The van der Waals surface area contributed by atoms with Gasteiger partial charge in [-0.2, -0.15) is 5.10 Å². The average molecular weight is 353 g/mol. The first-order valence-corrected chi connectivity index (χ1v) is 9.04. The SMILES string of the molecule is CCCCS(=O)(=O)n1cc(C(C)=NN=C(N)N)c2ccc(F)cc21. The molecule has 24 heavy (non-hydrogen) atoms. The lowest BCUT2D eigenvalue weighted by Crippen LogP contribution is -2.22. The predicted octanol–water partition coefficient (Wildman–Crippen LogP) is 1.76. The van der Waals surface area contributed by atoms with Gasteiger partial charge < -0.3 is 11.5 Å². The number of fused-ring (bicyclic) bond motifs is 1. The number of hydrogen-bond donors (Lipinski definition) is 2. The number of unbranched alkanes of at least 4 members (excludes halogenated alkanes) is 1. The van der Waals surface area contributed by atoms with Crippen LogP contribution in [-0.2, 0) is 10.0 Å². The van der Waals surface area contributed by atoms with E-state index in [0.717, 1.165) is 10.4 Å². The minimum Gasteiger partial charge on any atom is -0.369 e. The van der Waals surface area contributed by atoms with Crippen molar-refractivity contribution in [3.8, 4) is 0 Å². The molecule has 130 valence electrons. The molecular formula is C15H20FN5O2S. The van der Waals surface area contributed by atoms with Crippen LogP contribution in [0.2, 0.25) is 0 Å². The first kappa shape index (κ1) is 17.9. The Hall–Kier alpha value is -2.42. The summed E-state index contributed by atoms with van der Waals surface area (Å²) in [6.07, 6.45) is 2.69. The van der Waals surface area contributed by atoms with Crippen LogP contribution in [0.25, 0.3) is 10.9 Å². The highest BCUT2D eigenvalue weighted by Gasteiger charge is 2.20. The summed E-state index contributed by atoms with van der Waals surface area (Å²) in [6.45, 7) is 3.55. The van der Waals surface area contributed by atoms with E-state index in [4.69, 9.17) is 11.5 Å². The maximum Gasteiger partial charge on any atom is 0.239 e. The Bertz CT molecular complexity index is 911. The molecule has 7 nitrogen and oxygen atoms in total. The standard InChI is InChI=1S/C15H20FN5O2S/c1-3-4-7-24(22,23)21-9-13(10(2)19-20-15(17)18)12-6-5-11(16)8-14(12)21/h5-6,8-9H,3-4,7H2,1-2H3,(H4,17,18,20). The minimum atomic E-state index is -3.60. The van der Waals surface area contributed by atoms with Crippen molar-refractivity contribution in [2.24, 2.45) is 21.7 Å². The monoisotopic (exact) mass is 353 g/mol. The van der Waals surface area contributed by atoms with Crippen molar-refractivity contribution in [3.63, 3.8) is 0 Å². The van der Waals surface area contributed by atoms with Crippen molar-refractivity contribution in [1.29, 1.82) is 0 Å². The number of aromatic nitrogens is 1. The third kappa shape index (κ3) is 3.73. The van der Waals surface area contributed by atoms with Crippen LogP contribution in [0, 0.1) is 5.82 Å². The van der Waals surface area contributed by atoms with Crippen molar-refractivity contribution < 1.29 is 12.8 Å². The fourth-order valence-electron chi connectivity index (χ4n) is 2.30. The van der Waals surface area contributed by atoms with Crippen LogP contribution >= 0.6 is 0 Å². The van der Waals surface area contributed by atoms with Gasteiger partial charge in [-0.15, -0.1) is 5.10 Å². The van der Waals surface area contributed by atoms with Crippen LogP contribution in [0.4, 0.5) is 4.39 Å². The van der Waals surface area contributed by atoms with Gasteiger partial charge in [-0.05, 0) is 31.5 Å². The first-order valence-electron chi connectivity index (χ1n) is 7.43. The third-order valence-corrected chi connectivity index (χ3v) is 5.20. The van der Waals surface area contributed by atoms with E-state index in [1.165, 1.54) is 24.4 Å². The number of guanidine groups is 1. The van der Waals surface area contributed by atoms with E-state index in [-0.39, 0.29) is 17.2 Å². The molecule has 1 heterocycles. The van der Waals surface area contributed by atoms with Gasteiger partial charge in [0.1, 0.15) is 5.82 Å². The number of benzene rings is 1. The molecule has 0 spiro atoms. The lowest BCUT2D eigenvalue weighted by Gasteiger charge is -2.06. The minimum absolute atomic E-state index is 0.0205. The highest BCUT2D eigenvalue weighted by molar-refractivity contribution is 7.90. The molecule has 0 atom stereocenters. The van der Waals surface area contributed by atoms with Gasteiger partial charge in [-0.25, -0.2) is 16.8 Å². The second-order valence-corrected chi connectivity index (χ2v) is 7.35. The Kier molecular flexibility index (Phi) is 5.23. The summed E-state index contributed by atoms with van der Waals surface area (Å²) in [6, 6.07) is 3.97. The number of halogens is 1. The second-order valence-electron chi connectivity index (χ2n) is 5.38. The van der Waals surface area contributed by atoms with Crippen molar-refractivity contribution in [1.82, 2.24) is 3.97 Å². The Morgan fingerprint density at radius 1 is 1.29 bits per heavy atom. The van der Waals surface area contributed by atoms with E-state index >= 15 is 0 Å². The molecule has 4 N–H and O–H groups in total. The molecule has 0 unspecified atom stereocenters. The van der Waals surface area contributed by atoms with Crippen LogP contribution in [-0.4, -0.2) is 29.8 Å². The predicted molar refractivity (Wildman–Crippen MR) is 94.0 cm³/mol. The van der Waals surface area contributed by atoms with Crippen molar-refractivity contribution in [2.45, 2.75) is 26.7 Å². The largest absolute Gasteiger partial charge is 0.369 e. The van der Waals surface area contributed by atoms with Gasteiger partial charge >= 0.3 is 0 Å². The Labute approximate surface area is 139 Å². The molecule has 9 heteroatoms. The zero-order valence-corrected chi connectivity index (χ0v) is 14.3. The zero-order chi connectivity index (χ0) is 17.9.